The second-order valence-corrected chi connectivity index (χ2v) is 5.52. The Morgan fingerprint density at radius 2 is 2.00 bits per heavy atom. The van der Waals surface area contributed by atoms with Gasteiger partial charge < -0.3 is 21.1 Å². The Bertz CT molecular complexity index is 561. The number of hydrogen-bond acceptors (Lipinski definition) is 5. The monoisotopic (exact) mass is 309 g/mol. The van der Waals surface area contributed by atoms with Crippen molar-refractivity contribution in [2.45, 2.75) is 6.04 Å². The zero-order valence-corrected chi connectivity index (χ0v) is 11.9. The van der Waals surface area contributed by atoms with Crippen molar-refractivity contribution in [3.63, 3.8) is 0 Å². The van der Waals surface area contributed by atoms with Crippen LogP contribution in [0.3, 0.4) is 0 Å². The molecule has 0 unspecified atom stereocenters. The van der Waals surface area contributed by atoms with E-state index in [0.717, 1.165) is 0 Å². The van der Waals surface area contributed by atoms with Crippen LogP contribution >= 0.6 is 11.8 Å². The third-order valence-electron chi connectivity index (χ3n) is 3.06. The van der Waals surface area contributed by atoms with Crippen LogP contribution in [0.5, 0.6) is 0 Å². The maximum absolute atomic E-state index is 12.0. The lowest BCUT2D eigenvalue weighted by Gasteiger charge is -2.20. The highest BCUT2D eigenvalue weighted by Crippen LogP contribution is 2.20. The van der Waals surface area contributed by atoms with Crippen molar-refractivity contribution in [3.05, 3.63) is 29.8 Å². The van der Waals surface area contributed by atoms with Gasteiger partial charge in [-0.3, -0.25) is 9.59 Å². The second-order valence-electron chi connectivity index (χ2n) is 4.52. The molecule has 1 aromatic rings. The molecule has 0 spiro atoms. The molecule has 2 amide bonds. The fourth-order valence-electron chi connectivity index (χ4n) is 1.89. The summed E-state index contributed by atoms with van der Waals surface area (Å²) in [6, 6.07) is 5.47. The summed E-state index contributed by atoms with van der Waals surface area (Å²) in [7, 11) is 0. The van der Waals surface area contributed by atoms with E-state index in [9.17, 15) is 14.4 Å². The van der Waals surface area contributed by atoms with Crippen LogP contribution in [-0.4, -0.2) is 52.0 Å². The summed E-state index contributed by atoms with van der Waals surface area (Å²) in [4.78, 5) is 36.1. The number of anilines is 1. The first-order chi connectivity index (χ1) is 9.99. The van der Waals surface area contributed by atoms with Crippen molar-refractivity contribution in [2.24, 2.45) is 0 Å². The molecular weight excluding hydrogens is 294 g/mol. The van der Waals surface area contributed by atoms with Gasteiger partial charge in [0.2, 0.25) is 5.91 Å². The third kappa shape index (κ3) is 3.66. The van der Waals surface area contributed by atoms with E-state index in [4.69, 9.17) is 10.8 Å². The Hall–Kier alpha value is -2.22. The number of carbonyl (C=O) groups excluding carboxylic acids is 2. The quantitative estimate of drug-likeness (QED) is 0.674. The van der Waals surface area contributed by atoms with E-state index in [-0.39, 0.29) is 6.54 Å². The number of nitrogens with two attached hydrogens (primary N) is 1. The molecule has 1 atom stereocenters. The van der Waals surface area contributed by atoms with Crippen LogP contribution in [-0.2, 0) is 9.59 Å². The molecule has 7 nitrogen and oxygen atoms in total. The van der Waals surface area contributed by atoms with E-state index in [1.54, 1.807) is 24.3 Å². The summed E-state index contributed by atoms with van der Waals surface area (Å²) in [5, 5.41) is 11.5. The molecule has 0 radical (unpaired) electrons. The minimum Gasteiger partial charge on any atom is -0.480 e. The number of aliphatic carboxylic acids is 1. The molecule has 8 heteroatoms. The summed E-state index contributed by atoms with van der Waals surface area (Å²) in [6.45, 7) is -0.229. The number of carboxylic acids is 1. The van der Waals surface area contributed by atoms with Gasteiger partial charge in [-0.25, -0.2) is 4.79 Å². The van der Waals surface area contributed by atoms with Gasteiger partial charge in [-0.05, 0) is 24.3 Å². The smallest absolute Gasteiger partial charge is 0.327 e. The molecule has 1 aliphatic heterocycles. The molecule has 1 aliphatic rings. The number of rotatable bonds is 4. The van der Waals surface area contributed by atoms with Crippen LogP contribution in [0.4, 0.5) is 5.69 Å². The molecule has 0 aliphatic carbocycles. The van der Waals surface area contributed by atoms with Crippen LogP contribution in [0.2, 0.25) is 0 Å². The molecule has 0 aromatic heterocycles. The second kappa shape index (κ2) is 6.49. The van der Waals surface area contributed by atoms with Crippen molar-refractivity contribution >= 4 is 35.2 Å². The zero-order valence-electron chi connectivity index (χ0n) is 11.1. The van der Waals surface area contributed by atoms with Gasteiger partial charge >= 0.3 is 5.97 Å². The van der Waals surface area contributed by atoms with Gasteiger partial charge in [0.1, 0.15) is 6.04 Å². The fraction of sp³-hybridized carbons (Fsp3) is 0.308. The maximum Gasteiger partial charge on any atom is 0.327 e. The minimum atomic E-state index is -1.03. The molecule has 1 fully saturated rings. The van der Waals surface area contributed by atoms with E-state index in [1.807, 2.05) is 0 Å². The summed E-state index contributed by atoms with van der Waals surface area (Å²) >= 11 is 1.38. The van der Waals surface area contributed by atoms with Gasteiger partial charge in [-0.1, -0.05) is 0 Å². The normalized spacial score (nSPS) is 17.5. The van der Waals surface area contributed by atoms with Gasteiger partial charge in [-0.2, -0.15) is 0 Å². The number of amides is 2. The fourth-order valence-corrected chi connectivity index (χ4v) is 3.06. The number of hydrogen-bond donors (Lipinski definition) is 3. The third-order valence-corrected chi connectivity index (χ3v) is 4.07. The molecule has 2 rings (SSSR count). The first kappa shape index (κ1) is 15.2. The largest absolute Gasteiger partial charge is 0.480 e. The Morgan fingerprint density at radius 3 is 2.62 bits per heavy atom. The Kier molecular flexibility index (Phi) is 4.69. The zero-order chi connectivity index (χ0) is 15.4. The summed E-state index contributed by atoms with van der Waals surface area (Å²) in [5.41, 5.74) is 6.46. The maximum atomic E-state index is 12.0. The minimum absolute atomic E-state index is 0.229. The Balaban J connectivity index is 1.90. The van der Waals surface area contributed by atoms with E-state index >= 15 is 0 Å². The number of carbonyl (C=O) groups is 3. The Morgan fingerprint density at radius 1 is 1.33 bits per heavy atom. The SMILES string of the molecule is Nc1ccc(C(=O)NCC(=O)N2CSC[C@H]2C(=O)O)cc1. The molecule has 1 aromatic carbocycles. The van der Waals surface area contributed by atoms with E-state index < -0.39 is 23.8 Å². The molecule has 21 heavy (non-hydrogen) atoms. The van der Waals surface area contributed by atoms with E-state index in [1.165, 1.54) is 16.7 Å². The van der Waals surface area contributed by atoms with Crippen molar-refractivity contribution in [1.82, 2.24) is 10.2 Å². The molecule has 112 valence electrons. The van der Waals surface area contributed by atoms with E-state index in [0.29, 0.717) is 22.9 Å². The van der Waals surface area contributed by atoms with Gasteiger partial charge in [0.25, 0.3) is 5.91 Å². The average molecular weight is 309 g/mol. The van der Waals surface area contributed by atoms with Crippen LogP contribution in [0, 0.1) is 0 Å². The van der Waals surface area contributed by atoms with Crippen LogP contribution in [0.1, 0.15) is 10.4 Å². The van der Waals surface area contributed by atoms with Gasteiger partial charge in [0, 0.05) is 17.0 Å². The summed E-state index contributed by atoms with van der Waals surface area (Å²) in [5.74, 6) is -1.14. The molecule has 0 saturated carbocycles. The average Bonchev–Trinajstić information content (AvgIpc) is 2.95. The predicted octanol–water partition coefficient (Wildman–Crippen LogP) is -0.0153. The molecular formula is C13H15N3O4S. The van der Waals surface area contributed by atoms with Crippen LogP contribution in [0.15, 0.2) is 24.3 Å². The van der Waals surface area contributed by atoms with E-state index in [2.05, 4.69) is 5.32 Å². The highest BCUT2D eigenvalue weighted by molar-refractivity contribution is 7.99. The van der Waals surface area contributed by atoms with Crippen molar-refractivity contribution in [2.75, 3.05) is 23.9 Å². The van der Waals surface area contributed by atoms with Crippen LogP contribution < -0.4 is 11.1 Å². The van der Waals surface area contributed by atoms with Gasteiger partial charge in [0.05, 0.1) is 12.4 Å². The number of nitrogens with zero attached hydrogens (tertiary/aromatic N) is 1. The number of nitrogen functional groups attached to an aromatic ring is 1. The predicted molar refractivity (Wildman–Crippen MR) is 78.8 cm³/mol. The summed E-state index contributed by atoms with van der Waals surface area (Å²) in [6.07, 6.45) is 0. The standard InChI is InChI=1S/C13H15N3O4S/c14-9-3-1-8(2-4-9)12(18)15-5-11(17)16-7-21-6-10(16)13(19)20/h1-4,10H,5-7,14H2,(H,15,18)(H,19,20)/t10-/m0/s1. The summed E-state index contributed by atoms with van der Waals surface area (Å²) < 4.78 is 0. The van der Waals surface area contributed by atoms with Crippen molar-refractivity contribution in [1.29, 1.82) is 0 Å². The first-order valence-corrected chi connectivity index (χ1v) is 7.38. The number of thioether (sulfide) groups is 1. The number of carboxylic acid groups (broad SMARTS) is 1. The van der Waals surface area contributed by atoms with Crippen molar-refractivity contribution in [3.8, 4) is 0 Å². The Labute approximate surface area is 125 Å². The highest BCUT2D eigenvalue weighted by atomic mass is 32.2. The lowest BCUT2D eigenvalue weighted by molar-refractivity contribution is -0.147. The molecule has 0 bridgehead atoms. The molecule has 1 heterocycles. The highest BCUT2D eigenvalue weighted by Gasteiger charge is 2.34. The molecule has 1 saturated heterocycles. The number of benzene rings is 1. The lowest BCUT2D eigenvalue weighted by atomic mass is 10.2. The lowest BCUT2D eigenvalue weighted by Crippen LogP contribution is -2.46. The topological polar surface area (TPSA) is 113 Å². The first-order valence-electron chi connectivity index (χ1n) is 6.23. The van der Waals surface area contributed by atoms with Gasteiger partial charge in [-0.15, -0.1) is 11.8 Å². The number of nitrogens with one attached hydrogen (secondary N) is 1. The molecule has 4 N–H and O–H groups in total. The van der Waals surface area contributed by atoms with Gasteiger partial charge in [0.15, 0.2) is 0 Å². The van der Waals surface area contributed by atoms with Crippen LogP contribution in [0.25, 0.3) is 0 Å². The van der Waals surface area contributed by atoms with Crippen molar-refractivity contribution < 1.29 is 19.5 Å².